The number of nitro groups is 1. The molecule has 1 saturated carbocycles. The Morgan fingerprint density at radius 2 is 1.62 bits per heavy atom. The van der Waals surface area contributed by atoms with Crippen LogP contribution in [0.15, 0.2) is 0 Å². The third kappa shape index (κ3) is 2.71. The predicted octanol–water partition coefficient (Wildman–Crippen LogP) is 0.822. The molecule has 0 unspecified atom stereocenters. The summed E-state index contributed by atoms with van der Waals surface area (Å²) in [6.07, 6.45) is 3.55. The fourth-order valence-electron chi connectivity index (χ4n) is 2.82. The van der Waals surface area contributed by atoms with Gasteiger partial charge in [0.25, 0.3) is 0 Å². The van der Waals surface area contributed by atoms with Gasteiger partial charge in [-0.1, -0.05) is 0 Å². The second kappa shape index (κ2) is 5.10. The first kappa shape index (κ1) is 11.8. The van der Waals surface area contributed by atoms with Gasteiger partial charge in [0.05, 0.1) is 0 Å². The number of nitrogens with zero attached hydrogens (tertiary/aromatic N) is 3. The van der Waals surface area contributed by atoms with Crippen molar-refractivity contribution in [3.8, 4) is 0 Å². The van der Waals surface area contributed by atoms with Crippen molar-refractivity contribution < 1.29 is 4.92 Å². The Hall–Kier alpha value is -0.680. The lowest BCUT2D eigenvalue weighted by Crippen LogP contribution is -2.50. The van der Waals surface area contributed by atoms with Gasteiger partial charge in [-0.25, -0.2) is 0 Å². The molecule has 0 atom stereocenters. The Balaban J connectivity index is 1.78. The van der Waals surface area contributed by atoms with Crippen LogP contribution in [-0.2, 0) is 0 Å². The molecule has 2 rings (SSSR count). The topological polar surface area (TPSA) is 49.6 Å². The van der Waals surface area contributed by atoms with E-state index in [2.05, 4.69) is 16.8 Å². The van der Waals surface area contributed by atoms with E-state index in [1.807, 2.05) is 0 Å². The highest BCUT2D eigenvalue weighted by molar-refractivity contribution is 4.82. The Kier molecular flexibility index (Phi) is 3.76. The van der Waals surface area contributed by atoms with E-state index in [1.54, 1.807) is 0 Å². The molecule has 92 valence electrons. The lowest BCUT2D eigenvalue weighted by atomic mass is 9.90. The number of rotatable bonds is 2. The third-order valence-electron chi connectivity index (χ3n) is 4.02. The van der Waals surface area contributed by atoms with Crippen LogP contribution in [0.4, 0.5) is 0 Å². The van der Waals surface area contributed by atoms with Crippen LogP contribution in [0.2, 0.25) is 0 Å². The summed E-state index contributed by atoms with van der Waals surface area (Å²) in [4.78, 5) is 15.4. The van der Waals surface area contributed by atoms with Crippen LogP contribution in [0.5, 0.6) is 0 Å². The molecule has 0 N–H and O–H groups in total. The van der Waals surface area contributed by atoms with Crippen LogP contribution >= 0.6 is 0 Å². The van der Waals surface area contributed by atoms with Crippen molar-refractivity contribution in [3.05, 3.63) is 10.1 Å². The molecule has 0 aromatic heterocycles. The van der Waals surface area contributed by atoms with Gasteiger partial charge in [0, 0.05) is 50.0 Å². The average molecular weight is 227 g/mol. The van der Waals surface area contributed by atoms with E-state index in [0.29, 0.717) is 6.04 Å². The van der Waals surface area contributed by atoms with Crippen molar-refractivity contribution in [2.75, 3.05) is 33.2 Å². The highest BCUT2D eigenvalue weighted by atomic mass is 16.6. The first-order valence-electron chi connectivity index (χ1n) is 6.23. The van der Waals surface area contributed by atoms with Crippen molar-refractivity contribution >= 4 is 0 Å². The minimum absolute atomic E-state index is 0.0970. The molecular formula is C11H21N3O2. The maximum absolute atomic E-state index is 10.7. The predicted molar refractivity (Wildman–Crippen MR) is 62.1 cm³/mol. The van der Waals surface area contributed by atoms with E-state index in [1.165, 1.54) is 0 Å². The van der Waals surface area contributed by atoms with Crippen LogP contribution in [0.1, 0.15) is 25.7 Å². The van der Waals surface area contributed by atoms with Gasteiger partial charge in [-0.15, -0.1) is 0 Å². The second-order valence-corrected chi connectivity index (χ2v) is 5.09. The lowest BCUT2D eigenvalue weighted by molar-refractivity contribution is -0.526. The molecular weight excluding hydrogens is 206 g/mol. The number of piperazine rings is 1. The van der Waals surface area contributed by atoms with Crippen molar-refractivity contribution in [1.82, 2.24) is 9.80 Å². The summed E-state index contributed by atoms with van der Waals surface area (Å²) in [6, 6.07) is 0.327. The molecule has 16 heavy (non-hydrogen) atoms. The molecule has 1 aliphatic carbocycles. The number of hydrogen-bond acceptors (Lipinski definition) is 4. The van der Waals surface area contributed by atoms with E-state index in [0.717, 1.165) is 51.9 Å². The molecule has 0 spiro atoms. The molecule has 0 bridgehead atoms. The van der Waals surface area contributed by atoms with Crippen LogP contribution in [-0.4, -0.2) is 60.0 Å². The van der Waals surface area contributed by atoms with Gasteiger partial charge < -0.3 is 4.90 Å². The quantitative estimate of drug-likeness (QED) is 0.518. The van der Waals surface area contributed by atoms with E-state index >= 15 is 0 Å². The van der Waals surface area contributed by atoms with Crippen molar-refractivity contribution in [2.24, 2.45) is 0 Å². The maximum atomic E-state index is 10.7. The molecule has 0 radical (unpaired) electrons. The Labute approximate surface area is 96.5 Å². The molecule has 1 aliphatic heterocycles. The maximum Gasteiger partial charge on any atom is 0.213 e. The summed E-state index contributed by atoms with van der Waals surface area (Å²) in [5, 5.41) is 10.7. The Bertz CT molecular complexity index is 244. The van der Waals surface area contributed by atoms with Crippen LogP contribution in [0, 0.1) is 10.1 Å². The van der Waals surface area contributed by atoms with Gasteiger partial charge in [0.15, 0.2) is 0 Å². The average Bonchev–Trinajstić information content (AvgIpc) is 2.30. The van der Waals surface area contributed by atoms with Gasteiger partial charge in [-0.05, 0) is 19.9 Å². The van der Waals surface area contributed by atoms with Gasteiger partial charge >= 0.3 is 0 Å². The number of hydrogen-bond donors (Lipinski definition) is 0. The minimum atomic E-state index is -0.274. The Morgan fingerprint density at radius 1 is 1.06 bits per heavy atom. The third-order valence-corrected chi connectivity index (χ3v) is 4.02. The zero-order valence-electron chi connectivity index (χ0n) is 9.97. The summed E-state index contributed by atoms with van der Waals surface area (Å²) in [5.41, 5.74) is 0. The highest BCUT2D eigenvalue weighted by Crippen LogP contribution is 2.25. The van der Waals surface area contributed by atoms with E-state index in [-0.39, 0.29) is 11.0 Å². The van der Waals surface area contributed by atoms with E-state index in [4.69, 9.17) is 0 Å². The zero-order valence-corrected chi connectivity index (χ0v) is 9.97. The standard InChI is InChI=1S/C11H21N3O2/c1-12-6-8-13(9-7-12)10-2-4-11(5-3-10)14(15)16/h10-11H,2-9H2,1H3. The highest BCUT2D eigenvalue weighted by Gasteiger charge is 2.32. The number of likely N-dealkylation sites (N-methyl/N-ethyl adjacent to an activating group) is 1. The molecule has 1 saturated heterocycles. The van der Waals surface area contributed by atoms with E-state index < -0.39 is 0 Å². The largest absolute Gasteiger partial charge is 0.304 e. The SMILES string of the molecule is CN1CCN(C2CCC([N+](=O)[O-])CC2)CC1. The molecule has 0 amide bonds. The monoisotopic (exact) mass is 227 g/mol. The first-order chi connectivity index (χ1) is 7.66. The van der Waals surface area contributed by atoms with Gasteiger partial charge in [0.2, 0.25) is 6.04 Å². The molecule has 5 nitrogen and oxygen atoms in total. The molecule has 5 heteroatoms. The summed E-state index contributed by atoms with van der Waals surface area (Å²) in [7, 11) is 2.15. The summed E-state index contributed by atoms with van der Waals surface area (Å²) in [6.45, 7) is 4.53. The van der Waals surface area contributed by atoms with Gasteiger partial charge in [-0.2, -0.15) is 0 Å². The van der Waals surface area contributed by atoms with Crippen LogP contribution in [0.25, 0.3) is 0 Å². The molecule has 0 aromatic carbocycles. The van der Waals surface area contributed by atoms with Crippen LogP contribution < -0.4 is 0 Å². The van der Waals surface area contributed by atoms with Crippen molar-refractivity contribution in [2.45, 2.75) is 37.8 Å². The first-order valence-corrected chi connectivity index (χ1v) is 6.23. The van der Waals surface area contributed by atoms with Crippen molar-refractivity contribution in [3.63, 3.8) is 0 Å². The van der Waals surface area contributed by atoms with Crippen molar-refractivity contribution in [1.29, 1.82) is 0 Å². The molecule has 2 fully saturated rings. The summed E-state index contributed by atoms with van der Waals surface area (Å²) >= 11 is 0. The zero-order chi connectivity index (χ0) is 11.5. The van der Waals surface area contributed by atoms with Gasteiger partial charge in [-0.3, -0.25) is 15.0 Å². The fraction of sp³-hybridized carbons (Fsp3) is 1.00. The summed E-state index contributed by atoms with van der Waals surface area (Å²) < 4.78 is 0. The minimum Gasteiger partial charge on any atom is -0.304 e. The van der Waals surface area contributed by atoms with E-state index in [9.17, 15) is 10.1 Å². The van der Waals surface area contributed by atoms with Gasteiger partial charge in [0.1, 0.15) is 0 Å². The Morgan fingerprint density at radius 3 is 2.12 bits per heavy atom. The van der Waals surface area contributed by atoms with Crippen LogP contribution in [0.3, 0.4) is 0 Å². The summed E-state index contributed by atoms with van der Waals surface area (Å²) in [5.74, 6) is 0. The second-order valence-electron chi connectivity index (χ2n) is 5.09. The smallest absolute Gasteiger partial charge is 0.213 e. The normalized spacial score (nSPS) is 33.8. The molecule has 1 heterocycles. The lowest BCUT2D eigenvalue weighted by Gasteiger charge is -2.39. The molecule has 0 aromatic rings. The fourth-order valence-corrected chi connectivity index (χ4v) is 2.82. The molecule has 2 aliphatic rings.